The van der Waals surface area contributed by atoms with Crippen LogP contribution in [0.1, 0.15) is 19.4 Å². The molecule has 1 amide bonds. The molecule has 2 aromatic rings. The Kier molecular flexibility index (Phi) is 4.91. The van der Waals surface area contributed by atoms with Crippen molar-refractivity contribution in [2.45, 2.75) is 33.4 Å². The fraction of sp³-hybridized carbons (Fsp3) is 0.385. The zero-order valence-electron chi connectivity index (χ0n) is 11.3. The van der Waals surface area contributed by atoms with E-state index >= 15 is 0 Å². The molecule has 0 bridgehead atoms. The van der Waals surface area contributed by atoms with E-state index in [0.717, 1.165) is 23.1 Å². The van der Waals surface area contributed by atoms with Gasteiger partial charge in [0, 0.05) is 6.54 Å². The van der Waals surface area contributed by atoms with E-state index in [1.54, 1.807) is 6.92 Å². The third-order valence-corrected chi connectivity index (χ3v) is 2.87. The maximum Gasteiger partial charge on any atom is 0.243 e. The van der Waals surface area contributed by atoms with E-state index in [1.165, 1.54) is 0 Å². The lowest BCUT2D eigenvalue weighted by Crippen LogP contribution is -2.33. The third kappa shape index (κ3) is 3.05. The molecule has 0 radical (unpaired) electrons. The summed E-state index contributed by atoms with van der Waals surface area (Å²) in [6, 6.07) is 5.51. The number of hydrogen-bond donors (Lipinski definition) is 2. The Balaban J connectivity index is 0.00000180. The number of fused-ring (bicyclic) bond motifs is 1. The quantitative estimate of drug-likeness (QED) is 0.905. The number of carbonyl (C=O) groups is 1. The maximum atomic E-state index is 11.6. The predicted octanol–water partition coefficient (Wildman–Crippen LogP) is 2.07. The molecule has 2 rings (SSSR count). The predicted molar refractivity (Wildman–Crippen MR) is 79.7 cm³/mol. The zero-order chi connectivity index (χ0) is 13.3. The Bertz CT molecular complexity index is 592. The van der Waals surface area contributed by atoms with Crippen LogP contribution < -0.4 is 11.1 Å². The van der Waals surface area contributed by atoms with Crippen molar-refractivity contribution in [1.82, 2.24) is 9.55 Å². The van der Waals surface area contributed by atoms with E-state index in [-0.39, 0.29) is 18.3 Å². The molecule has 1 heterocycles. The van der Waals surface area contributed by atoms with Gasteiger partial charge < -0.3 is 10.3 Å². The van der Waals surface area contributed by atoms with E-state index < -0.39 is 6.04 Å². The second kappa shape index (κ2) is 6.04. The van der Waals surface area contributed by atoms with Crippen LogP contribution in [-0.2, 0) is 11.3 Å². The first kappa shape index (κ1) is 15.5. The van der Waals surface area contributed by atoms with Crippen LogP contribution >= 0.6 is 12.4 Å². The van der Waals surface area contributed by atoms with Crippen molar-refractivity contribution in [3.05, 3.63) is 23.8 Å². The van der Waals surface area contributed by atoms with Gasteiger partial charge in [0.15, 0.2) is 0 Å². The summed E-state index contributed by atoms with van der Waals surface area (Å²) in [4.78, 5) is 16.1. The van der Waals surface area contributed by atoms with Crippen molar-refractivity contribution >= 4 is 35.3 Å². The van der Waals surface area contributed by atoms with Gasteiger partial charge >= 0.3 is 0 Å². The molecule has 1 atom stereocenters. The molecule has 0 aliphatic heterocycles. The Hall–Kier alpha value is -1.59. The number of carbonyl (C=O) groups excluding carboxylic acids is 1. The first-order chi connectivity index (χ1) is 8.52. The molecule has 1 aromatic carbocycles. The molecule has 0 spiro atoms. The van der Waals surface area contributed by atoms with Gasteiger partial charge in [0.05, 0.1) is 17.1 Å². The average molecular weight is 283 g/mol. The van der Waals surface area contributed by atoms with Gasteiger partial charge in [0.1, 0.15) is 0 Å². The number of aryl methyl sites for hydroxylation is 2. The molecule has 0 saturated heterocycles. The third-order valence-electron chi connectivity index (χ3n) is 2.87. The first-order valence-electron chi connectivity index (χ1n) is 6.06. The molecule has 0 aliphatic rings. The highest BCUT2D eigenvalue weighted by Gasteiger charge is 2.14. The summed E-state index contributed by atoms with van der Waals surface area (Å²) in [7, 11) is 0. The van der Waals surface area contributed by atoms with Gasteiger partial charge in [-0.05, 0) is 38.5 Å². The fourth-order valence-electron chi connectivity index (χ4n) is 1.88. The second-order valence-corrected chi connectivity index (χ2v) is 4.45. The van der Waals surface area contributed by atoms with E-state index in [2.05, 4.69) is 10.3 Å². The monoisotopic (exact) mass is 282 g/mol. The number of amides is 1. The summed E-state index contributed by atoms with van der Waals surface area (Å²) in [5.74, 6) is 0.331. The Morgan fingerprint density at radius 1 is 1.53 bits per heavy atom. The van der Waals surface area contributed by atoms with Crippen LogP contribution in [0.15, 0.2) is 18.2 Å². The van der Waals surface area contributed by atoms with Crippen molar-refractivity contribution in [2.24, 2.45) is 5.73 Å². The van der Waals surface area contributed by atoms with Crippen molar-refractivity contribution < 1.29 is 4.79 Å². The highest BCUT2D eigenvalue weighted by atomic mass is 35.5. The van der Waals surface area contributed by atoms with Crippen molar-refractivity contribution in [3.63, 3.8) is 0 Å². The molecule has 0 saturated carbocycles. The van der Waals surface area contributed by atoms with Gasteiger partial charge in [-0.3, -0.25) is 10.1 Å². The normalized spacial score (nSPS) is 12.0. The molecular weight excluding hydrogens is 264 g/mol. The minimum absolute atomic E-state index is 0. The average Bonchev–Trinajstić information content (AvgIpc) is 2.64. The molecule has 6 heteroatoms. The minimum atomic E-state index is -0.545. The number of nitrogens with one attached hydrogen (secondary N) is 1. The molecule has 19 heavy (non-hydrogen) atoms. The van der Waals surface area contributed by atoms with Gasteiger partial charge in [0.25, 0.3) is 0 Å². The van der Waals surface area contributed by atoms with Crippen LogP contribution in [0.2, 0.25) is 0 Å². The summed E-state index contributed by atoms with van der Waals surface area (Å²) in [6.07, 6.45) is 0. The highest BCUT2D eigenvalue weighted by molar-refractivity contribution is 5.94. The Morgan fingerprint density at radius 2 is 2.21 bits per heavy atom. The summed E-state index contributed by atoms with van der Waals surface area (Å²) in [5, 5.41) is 2.76. The summed E-state index contributed by atoms with van der Waals surface area (Å²) < 4.78 is 1.97. The SMILES string of the molecule is CCn1c(NC(=O)[C@@H](C)N)nc2cc(C)ccc21.Cl. The number of benzene rings is 1. The summed E-state index contributed by atoms with van der Waals surface area (Å²) in [5.41, 5.74) is 8.59. The molecule has 0 fully saturated rings. The van der Waals surface area contributed by atoms with Gasteiger partial charge in [-0.25, -0.2) is 4.98 Å². The van der Waals surface area contributed by atoms with Gasteiger partial charge in [-0.15, -0.1) is 12.4 Å². The van der Waals surface area contributed by atoms with Crippen LogP contribution in [0.4, 0.5) is 5.95 Å². The van der Waals surface area contributed by atoms with Crippen LogP contribution in [0.3, 0.4) is 0 Å². The Morgan fingerprint density at radius 3 is 2.79 bits per heavy atom. The summed E-state index contributed by atoms with van der Waals surface area (Å²) in [6.45, 7) is 6.43. The molecule has 3 N–H and O–H groups in total. The highest BCUT2D eigenvalue weighted by Crippen LogP contribution is 2.20. The van der Waals surface area contributed by atoms with Gasteiger partial charge in [-0.1, -0.05) is 6.07 Å². The largest absolute Gasteiger partial charge is 0.320 e. The number of rotatable bonds is 3. The Labute approximate surface area is 118 Å². The van der Waals surface area contributed by atoms with Gasteiger partial charge in [-0.2, -0.15) is 0 Å². The first-order valence-corrected chi connectivity index (χ1v) is 6.06. The standard InChI is InChI=1S/C13H18N4O.ClH/c1-4-17-11-6-5-8(2)7-10(11)15-13(17)16-12(18)9(3)14;/h5-7,9H,4,14H2,1-3H3,(H,15,16,18);1H/t9-;/m1./s1. The fourth-order valence-corrected chi connectivity index (χ4v) is 1.88. The van der Waals surface area contributed by atoms with Crippen LogP contribution in [0.25, 0.3) is 11.0 Å². The van der Waals surface area contributed by atoms with E-state index in [1.807, 2.05) is 36.6 Å². The number of nitrogens with zero attached hydrogens (tertiary/aromatic N) is 2. The summed E-state index contributed by atoms with van der Waals surface area (Å²) >= 11 is 0. The number of nitrogens with two attached hydrogens (primary N) is 1. The number of halogens is 1. The lowest BCUT2D eigenvalue weighted by atomic mass is 10.2. The van der Waals surface area contributed by atoms with E-state index in [4.69, 9.17) is 5.73 Å². The van der Waals surface area contributed by atoms with Crippen molar-refractivity contribution in [3.8, 4) is 0 Å². The van der Waals surface area contributed by atoms with Gasteiger partial charge in [0.2, 0.25) is 11.9 Å². The number of imidazole rings is 1. The lowest BCUT2D eigenvalue weighted by molar-refractivity contribution is -0.117. The molecule has 1 aromatic heterocycles. The zero-order valence-corrected chi connectivity index (χ0v) is 12.1. The van der Waals surface area contributed by atoms with E-state index in [0.29, 0.717) is 5.95 Å². The molecule has 104 valence electrons. The van der Waals surface area contributed by atoms with Crippen molar-refractivity contribution in [1.29, 1.82) is 0 Å². The van der Waals surface area contributed by atoms with E-state index in [9.17, 15) is 4.79 Å². The molecule has 0 unspecified atom stereocenters. The topological polar surface area (TPSA) is 72.9 Å². The van der Waals surface area contributed by atoms with Crippen LogP contribution in [0.5, 0.6) is 0 Å². The minimum Gasteiger partial charge on any atom is -0.320 e. The number of aromatic nitrogens is 2. The smallest absolute Gasteiger partial charge is 0.243 e. The molecular formula is C13H19ClN4O. The van der Waals surface area contributed by atoms with Crippen molar-refractivity contribution in [2.75, 3.05) is 5.32 Å². The number of anilines is 1. The second-order valence-electron chi connectivity index (χ2n) is 4.45. The number of hydrogen-bond acceptors (Lipinski definition) is 3. The molecule has 0 aliphatic carbocycles. The van der Waals surface area contributed by atoms with Crippen LogP contribution in [-0.4, -0.2) is 21.5 Å². The molecule has 5 nitrogen and oxygen atoms in total. The maximum absolute atomic E-state index is 11.6. The lowest BCUT2D eigenvalue weighted by Gasteiger charge is -2.09. The van der Waals surface area contributed by atoms with Crippen LogP contribution in [0, 0.1) is 6.92 Å².